The van der Waals surface area contributed by atoms with Crippen LogP contribution in [0.25, 0.3) is 0 Å². The maximum atomic E-state index is 12.7. The molecular formula is C19H27Cl2N3O3. The van der Waals surface area contributed by atoms with E-state index in [9.17, 15) is 14.7 Å². The van der Waals surface area contributed by atoms with E-state index >= 15 is 0 Å². The number of hydrogen-bond donors (Lipinski definition) is 3. The maximum Gasteiger partial charge on any atom is 0.227 e. The molecule has 2 saturated heterocycles. The highest BCUT2D eigenvalue weighted by atomic mass is 35.5. The Labute approximate surface area is 171 Å². The molecule has 0 aliphatic carbocycles. The van der Waals surface area contributed by atoms with E-state index < -0.39 is 0 Å². The molecule has 1 aromatic carbocycles. The van der Waals surface area contributed by atoms with Gasteiger partial charge in [-0.2, -0.15) is 0 Å². The van der Waals surface area contributed by atoms with Gasteiger partial charge in [-0.1, -0.05) is 11.6 Å². The van der Waals surface area contributed by atoms with Gasteiger partial charge in [0, 0.05) is 36.0 Å². The fourth-order valence-electron chi connectivity index (χ4n) is 3.82. The van der Waals surface area contributed by atoms with Crippen molar-refractivity contribution in [1.29, 1.82) is 0 Å². The summed E-state index contributed by atoms with van der Waals surface area (Å²) >= 11 is 5.91. The maximum absolute atomic E-state index is 12.7. The fraction of sp³-hybridized carbons (Fsp3) is 0.579. The van der Waals surface area contributed by atoms with Gasteiger partial charge >= 0.3 is 0 Å². The Hall–Kier alpha value is -1.50. The van der Waals surface area contributed by atoms with Gasteiger partial charge in [-0.3, -0.25) is 9.59 Å². The number of phenols is 1. The van der Waals surface area contributed by atoms with Gasteiger partial charge in [0.05, 0.1) is 5.69 Å². The average molecular weight is 416 g/mol. The Morgan fingerprint density at radius 3 is 2.59 bits per heavy atom. The van der Waals surface area contributed by atoms with Crippen LogP contribution in [0.3, 0.4) is 0 Å². The van der Waals surface area contributed by atoms with Crippen molar-refractivity contribution in [2.75, 3.05) is 25.0 Å². The number of aromatic hydroxyl groups is 1. The first kappa shape index (κ1) is 21.8. The number of carbonyl (C=O) groups excluding carboxylic acids is 2. The molecule has 0 spiro atoms. The van der Waals surface area contributed by atoms with Crippen molar-refractivity contribution < 1.29 is 14.7 Å². The minimum absolute atomic E-state index is 0. The minimum Gasteiger partial charge on any atom is -0.506 e. The lowest BCUT2D eigenvalue weighted by Gasteiger charge is -2.36. The third-order valence-corrected chi connectivity index (χ3v) is 5.60. The Bertz CT molecular complexity index is 678. The van der Waals surface area contributed by atoms with E-state index in [1.807, 2.05) is 4.90 Å². The molecule has 0 aromatic heterocycles. The van der Waals surface area contributed by atoms with Gasteiger partial charge in [0.25, 0.3) is 0 Å². The number of piperidine rings is 2. The third-order valence-electron chi connectivity index (χ3n) is 5.37. The number of amides is 2. The standard InChI is InChI=1S/C19H26ClN3O3.ClH/c1-12-10-14(4-7-21-12)19(26)23-8-5-13(6-9-23)18(25)22-16-11-15(20)2-3-17(16)24;/h2-3,11-14,21,24H,4-10H2,1H3,(H,22,25);1H/t12-,14-;/m0./s1. The highest BCUT2D eigenvalue weighted by Crippen LogP contribution is 2.29. The lowest BCUT2D eigenvalue weighted by Crippen LogP contribution is -2.47. The second kappa shape index (κ2) is 9.62. The molecule has 0 unspecified atom stereocenters. The number of benzene rings is 1. The Balaban J connectivity index is 0.00000261. The molecule has 27 heavy (non-hydrogen) atoms. The van der Waals surface area contributed by atoms with E-state index in [0.29, 0.717) is 42.7 Å². The van der Waals surface area contributed by atoms with Crippen molar-refractivity contribution in [3.05, 3.63) is 23.2 Å². The minimum atomic E-state index is -0.163. The summed E-state index contributed by atoms with van der Waals surface area (Å²) in [6, 6.07) is 4.94. The van der Waals surface area contributed by atoms with E-state index in [2.05, 4.69) is 17.6 Å². The fourth-order valence-corrected chi connectivity index (χ4v) is 3.99. The number of hydrogen-bond acceptors (Lipinski definition) is 4. The van der Waals surface area contributed by atoms with Crippen LogP contribution in [0, 0.1) is 11.8 Å². The highest BCUT2D eigenvalue weighted by Gasteiger charge is 2.32. The van der Waals surface area contributed by atoms with E-state index in [-0.39, 0.29) is 41.8 Å². The number of phenolic OH excluding ortho intramolecular Hbond substituents is 1. The van der Waals surface area contributed by atoms with Crippen molar-refractivity contribution in [3.8, 4) is 5.75 Å². The number of likely N-dealkylation sites (tertiary alicyclic amines) is 1. The molecule has 150 valence electrons. The van der Waals surface area contributed by atoms with Gasteiger partial charge in [0.2, 0.25) is 11.8 Å². The molecule has 0 bridgehead atoms. The Morgan fingerprint density at radius 2 is 1.93 bits per heavy atom. The molecule has 1 aromatic rings. The third kappa shape index (κ3) is 5.50. The number of halogens is 2. The number of anilines is 1. The van der Waals surface area contributed by atoms with Crippen LogP contribution in [-0.4, -0.2) is 47.5 Å². The Kier molecular flexibility index (Phi) is 7.77. The van der Waals surface area contributed by atoms with Crippen LogP contribution in [0.2, 0.25) is 5.02 Å². The van der Waals surface area contributed by atoms with Crippen LogP contribution in [0.5, 0.6) is 5.75 Å². The molecule has 6 nitrogen and oxygen atoms in total. The van der Waals surface area contributed by atoms with Gasteiger partial charge < -0.3 is 20.6 Å². The van der Waals surface area contributed by atoms with Gasteiger partial charge in [-0.25, -0.2) is 0 Å². The number of nitrogens with one attached hydrogen (secondary N) is 2. The summed E-state index contributed by atoms with van der Waals surface area (Å²) in [6.07, 6.45) is 3.05. The molecule has 8 heteroatoms. The van der Waals surface area contributed by atoms with Gasteiger partial charge in [-0.05, 0) is 57.4 Å². The van der Waals surface area contributed by atoms with E-state index in [0.717, 1.165) is 19.4 Å². The number of rotatable bonds is 3. The molecule has 2 fully saturated rings. The average Bonchev–Trinajstić information content (AvgIpc) is 2.64. The zero-order valence-corrected chi connectivity index (χ0v) is 17.0. The normalized spacial score (nSPS) is 23.4. The highest BCUT2D eigenvalue weighted by molar-refractivity contribution is 6.31. The monoisotopic (exact) mass is 415 g/mol. The van der Waals surface area contributed by atoms with Crippen molar-refractivity contribution in [3.63, 3.8) is 0 Å². The molecule has 2 atom stereocenters. The summed E-state index contributed by atoms with van der Waals surface area (Å²) in [6.45, 7) is 4.22. The van der Waals surface area contributed by atoms with Crippen molar-refractivity contribution in [1.82, 2.24) is 10.2 Å². The quantitative estimate of drug-likeness (QED) is 0.662. The van der Waals surface area contributed by atoms with Gasteiger partial charge in [0.1, 0.15) is 5.75 Å². The summed E-state index contributed by atoms with van der Waals surface area (Å²) in [5.74, 6) is 0.0228. The topological polar surface area (TPSA) is 81.7 Å². The van der Waals surface area contributed by atoms with Crippen LogP contribution < -0.4 is 10.6 Å². The summed E-state index contributed by atoms with van der Waals surface area (Å²) in [5, 5.41) is 16.4. The largest absolute Gasteiger partial charge is 0.506 e. The molecule has 0 radical (unpaired) electrons. The zero-order chi connectivity index (χ0) is 18.7. The van der Waals surface area contributed by atoms with Crippen molar-refractivity contribution in [2.24, 2.45) is 11.8 Å². The molecule has 2 amide bonds. The summed E-state index contributed by atoms with van der Waals surface area (Å²) in [7, 11) is 0. The van der Waals surface area contributed by atoms with Gasteiger partial charge in [0.15, 0.2) is 0 Å². The predicted molar refractivity (Wildman–Crippen MR) is 108 cm³/mol. The first-order chi connectivity index (χ1) is 12.4. The lowest BCUT2D eigenvalue weighted by molar-refractivity contribution is -0.139. The van der Waals surface area contributed by atoms with E-state index in [4.69, 9.17) is 11.6 Å². The molecule has 2 aliphatic rings. The molecule has 3 rings (SSSR count). The number of carbonyl (C=O) groups is 2. The first-order valence-electron chi connectivity index (χ1n) is 9.25. The SMILES string of the molecule is C[C@H]1C[C@@H](C(=O)N2CCC(C(=O)Nc3cc(Cl)ccc3O)CC2)CCN1.Cl. The molecule has 3 N–H and O–H groups in total. The van der Waals surface area contributed by atoms with Crippen LogP contribution in [0.4, 0.5) is 5.69 Å². The summed E-state index contributed by atoms with van der Waals surface area (Å²) in [5.41, 5.74) is 0.324. The van der Waals surface area contributed by atoms with Crippen LogP contribution in [0.1, 0.15) is 32.6 Å². The summed E-state index contributed by atoms with van der Waals surface area (Å²) < 4.78 is 0. The molecular weight excluding hydrogens is 389 g/mol. The van der Waals surface area contributed by atoms with Crippen LogP contribution >= 0.6 is 24.0 Å². The van der Waals surface area contributed by atoms with Crippen molar-refractivity contribution in [2.45, 2.75) is 38.6 Å². The Morgan fingerprint density at radius 1 is 1.22 bits per heavy atom. The van der Waals surface area contributed by atoms with Crippen LogP contribution in [0.15, 0.2) is 18.2 Å². The molecule has 2 aliphatic heterocycles. The van der Waals surface area contributed by atoms with E-state index in [1.54, 1.807) is 6.07 Å². The molecule has 0 saturated carbocycles. The van der Waals surface area contributed by atoms with E-state index in [1.165, 1.54) is 12.1 Å². The van der Waals surface area contributed by atoms with Crippen molar-refractivity contribution >= 4 is 41.5 Å². The second-order valence-electron chi connectivity index (χ2n) is 7.33. The van der Waals surface area contributed by atoms with Crippen LogP contribution in [-0.2, 0) is 9.59 Å². The first-order valence-corrected chi connectivity index (χ1v) is 9.63. The zero-order valence-electron chi connectivity index (χ0n) is 15.4. The lowest BCUT2D eigenvalue weighted by atomic mass is 9.90. The predicted octanol–water partition coefficient (Wildman–Crippen LogP) is 3.03. The number of nitrogens with zero attached hydrogens (tertiary/aromatic N) is 1. The van der Waals surface area contributed by atoms with Gasteiger partial charge in [-0.15, -0.1) is 12.4 Å². The summed E-state index contributed by atoms with van der Waals surface area (Å²) in [4.78, 5) is 27.1. The second-order valence-corrected chi connectivity index (χ2v) is 7.76. The smallest absolute Gasteiger partial charge is 0.227 e. The molecule has 2 heterocycles.